The highest BCUT2D eigenvalue weighted by Gasteiger charge is 2.57. The summed E-state index contributed by atoms with van der Waals surface area (Å²) in [5.74, 6) is 0. The minimum Gasteiger partial charge on any atom is -0.395 e. The molecule has 0 aliphatic rings. The average molecular weight is 679 g/mol. The molecule has 11 heteroatoms. The maximum atomic E-state index is 12.8. The predicted molar refractivity (Wildman–Crippen MR) is 184 cm³/mol. The Kier molecular flexibility index (Phi) is 13.7. The van der Waals surface area contributed by atoms with Gasteiger partial charge in [0.25, 0.3) is 0 Å². The second-order valence-corrected chi connectivity index (χ2v) is 16.4. The molecule has 9 nitrogen and oxygen atoms in total. The minimum atomic E-state index is -2.61. The Morgan fingerprint density at radius 3 is 1.00 bits per heavy atom. The third-order valence-electron chi connectivity index (χ3n) is 8.38. The third-order valence-corrected chi connectivity index (χ3v) is 9.55. The van der Waals surface area contributed by atoms with Gasteiger partial charge in [0.05, 0.1) is 24.7 Å². The molecule has 46 heavy (non-hydrogen) atoms. The van der Waals surface area contributed by atoms with E-state index in [1.807, 2.05) is 72.8 Å². The summed E-state index contributed by atoms with van der Waals surface area (Å²) in [4.78, 5) is 31.3. The highest BCUT2D eigenvalue weighted by atomic mass is 31.2. The first-order chi connectivity index (χ1) is 21.0. The summed E-state index contributed by atoms with van der Waals surface area (Å²) in [6.07, 6.45) is -1.36. The fraction of sp³-hybridized carbons (Fsp3) is 0.486. The van der Waals surface area contributed by atoms with Crippen LogP contribution in [0.4, 0.5) is 0 Å². The summed E-state index contributed by atoms with van der Waals surface area (Å²) in [6.45, 7) is 17.8. The summed E-state index contributed by atoms with van der Waals surface area (Å²) >= 11 is 0. The van der Waals surface area contributed by atoms with Gasteiger partial charge in [0.2, 0.25) is 0 Å². The molecule has 0 radical (unpaired) electrons. The van der Waals surface area contributed by atoms with Crippen LogP contribution in [0, 0.1) is 5.41 Å². The molecule has 0 aliphatic carbocycles. The zero-order valence-electron chi connectivity index (χ0n) is 28.3. The van der Waals surface area contributed by atoms with Crippen molar-refractivity contribution in [1.82, 2.24) is 0 Å². The van der Waals surface area contributed by atoms with E-state index >= 15 is 0 Å². The molecule has 1 unspecified atom stereocenters. The van der Waals surface area contributed by atoms with Crippen molar-refractivity contribution in [1.29, 1.82) is 0 Å². The fourth-order valence-corrected chi connectivity index (χ4v) is 5.89. The first-order valence-electron chi connectivity index (χ1n) is 15.0. The average Bonchev–Trinajstić information content (AvgIpc) is 2.96. The van der Waals surface area contributed by atoms with Crippen LogP contribution in [0.3, 0.4) is 0 Å². The van der Waals surface area contributed by atoms with E-state index in [0.717, 1.165) is 16.7 Å². The van der Waals surface area contributed by atoms with Crippen molar-refractivity contribution in [3.8, 4) is 0 Å². The van der Waals surface area contributed by atoms with Gasteiger partial charge >= 0.3 is 17.2 Å². The smallest absolute Gasteiger partial charge is 0.334 e. The lowest BCUT2D eigenvalue weighted by Gasteiger charge is -2.49. The van der Waals surface area contributed by atoms with Gasteiger partial charge < -0.3 is 40.0 Å². The highest BCUT2D eigenvalue weighted by molar-refractivity contribution is 7.53. The van der Waals surface area contributed by atoms with E-state index in [4.69, 9.17) is 19.6 Å². The molecule has 8 N–H and O–H groups in total. The Bertz CT molecular complexity index is 1290. The number of aliphatic hydroxyl groups is 4. The van der Waals surface area contributed by atoms with Gasteiger partial charge in [0.15, 0.2) is 0 Å². The zero-order valence-corrected chi connectivity index (χ0v) is 30.1. The van der Waals surface area contributed by atoms with Crippen LogP contribution in [0.1, 0.15) is 102 Å². The molecule has 0 aromatic heterocycles. The number of aliphatic hydroxyl groups excluding tert-OH is 3. The molecule has 1 atom stereocenters. The van der Waals surface area contributed by atoms with Crippen LogP contribution in [0.2, 0.25) is 0 Å². The van der Waals surface area contributed by atoms with Crippen molar-refractivity contribution in [2.45, 2.75) is 90.3 Å². The molecule has 3 aromatic carbocycles. The van der Waals surface area contributed by atoms with Crippen molar-refractivity contribution in [2.75, 3.05) is 13.2 Å². The number of rotatable bonds is 9. The second kappa shape index (κ2) is 15.6. The second-order valence-electron chi connectivity index (χ2n) is 14.7. The maximum absolute atomic E-state index is 12.8. The molecule has 3 aromatic rings. The summed E-state index contributed by atoms with van der Waals surface area (Å²) in [6, 6.07) is 22.8. The lowest BCUT2D eigenvalue weighted by Crippen LogP contribution is -2.55. The van der Waals surface area contributed by atoms with E-state index in [1.54, 1.807) is 0 Å². The van der Waals surface area contributed by atoms with Crippen LogP contribution in [0.25, 0.3) is 0 Å². The van der Waals surface area contributed by atoms with Crippen molar-refractivity contribution in [3.63, 3.8) is 0 Å². The number of benzene rings is 3. The van der Waals surface area contributed by atoms with E-state index in [2.05, 4.69) is 66.6 Å². The van der Waals surface area contributed by atoms with Crippen molar-refractivity contribution < 1.29 is 44.3 Å². The number of hydrogen-bond donors (Lipinski definition) is 8. The molecular weight excluding hydrogens is 626 g/mol. The third kappa shape index (κ3) is 9.40. The molecule has 0 aliphatic heterocycles. The van der Waals surface area contributed by atoms with E-state index in [0.29, 0.717) is 16.7 Å². The Morgan fingerprint density at radius 1 is 0.522 bits per heavy atom. The van der Waals surface area contributed by atoms with Gasteiger partial charge in [-0.25, -0.2) is 4.31 Å². The molecular formula is C35H52O9P2. The van der Waals surface area contributed by atoms with Gasteiger partial charge in [-0.3, -0.25) is 0 Å². The standard InChI is InChI=1S/C35H48O4.H4O5P2/c1-31(2,3)25-12-10-24(11-13-25)30(38)34(22-36,23-37)35(39,28-18-14-26(15-19-28)32(4,5)6)29-20-16-27(17-21-29)33(7,8)9;1-6(2)5-7(3)4/h10-21,30,36-39H,22-23H2,1-9H3;1-4H. The molecule has 0 spiro atoms. The van der Waals surface area contributed by atoms with Gasteiger partial charge in [-0.2, -0.15) is 0 Å². The topological polar surface area (TPSA) is 171 Å². The molecule has 0 amide bonds. The van der Waals surface area contributed by atoms with Crippen molar-refractivity contribution >= 4 is 17.2 Å². The first-order valence-corrected chi connectivity index (χ1v) is 17.4. The lowest BCUT2D eigenvalue weighted by atomic mass is 9.61. The van der Waals surface area contributed by atoms with E-state index in [-0.39, 0.29) is 16.2 Å². The van der Waals surface area contributed by atoms with Gasteiger partial charge in [0.1, 0.15) is 5.60 Å². The largest absolute Gasteiger partial charge is 0.395 e. The van der Waals surface area contributed by atoms with E-state index in [1.165, 1.54) is 0 Å². The lowest BCUT2D eigenvalue weighted by molar-refractivity contribution is -0.173. The van der Waals surface area contributed by atoms with Gasteiger partial charge in [-0.1, -0.05) is 135 Å². The van der Waals surface area contributed by atoms with E-state index < -0.39 is 47.5 Å². The van der Waals surface area contributed by atoms with Crippen molar-refractivity contribution in [3.05, 3.63) is 106 Å². The van der Waals surface area contributed by atoms with Crippen molar-refractivity contribution in [2.24, 2.45) is 5.41 Å². The Balaban J connectivity index is 0.000000942. The van der Waals surface area contributed by atoms with Crippen LogP contribution in [-0.2, 0) is 26.2 Å². The molecule has 0 bridgehead atoms. The molecule has 0 saturated heterocycles. The zero-order chi connectivity index (χ0) is 35.3. The van der Waals surface area contributed by atoms with Crippen LogP contribution in [0.15, 0.2) is 72.8 Å². The molecule has 0 heterocycles. The molecule has 3 rings (SSSR count). The van der Waals surface area contributed by atoms with E-state index in [9.17, 15) is 20.4 Å². The van der Waals surface area contributed by atoms with Gasteiger partial charge in [-0.15, -0.1) is 0 Å². The summed E-state index contributed by atoms with van der Waals surface area (Å²) in [5.41, 5.74) is 0.869. The van der Waals surface area contributed by atoms with Crippen LogP contribution >= 0.6 is 17.2 Å². The summed E-state index contributed by atoms with van der Waals surface area (Å²) in [5, 5.41) is 46.5. The van der Waals surface area contributed by atoms with Crippen LogP contribution in [-0.4, -0.2) is 53.2 Å². The Morgan fingerprint density at radius 2 is 0.783 bits per heavy atom. The predicted octanol–water partition coefficient (Wildman–Crippen LogP) is 5.95. The Hall–Kier alpha value is -1.84. The highest BCUT2D eigenvalue weighted by Crippen LogP contribution is 2.52. The molecule has 256 valence electrons. The Labute approximate surface area is 276 Å². The van der Waals surface area contributed by atoms with Gasteiger partial charge in [-0.05, 0) is 49.6 Å². The quantitative estimate of drug-likeness (QED) is 0.128. The van der Waals surface area contributed by atoms with Gasteiger partial charge in [0, 0.05) is 0 Å². The minimum absolute atomic E-state index is 0.0706. The number of hydrogen-bond acceptors (Lipinski definition) is 9. The normalized spacial score (nSPS) is 13.9. The van der Waals surface area contributed by atoms with Crippen LogP contribution in [0.5, 0.6) is 0 Å². The fourth-order valence-electron chi connectivity index (χ4n) is 5.36. The summed E-state index contributed by atoms with van der Waals surface area (Å²) < 4.78 is 3.60. The monoisotopic (exact) mass is 678 g/mol. The molecule has 0 fully saturated rings. The maximum Gasteiger partial charge on any atom is 0.334 e. The summed E-state index contributed by atoms with van der Waals surface area (Å²) in [7, 11) is -5.22. The SMILES string of the molecule is CC(C)(C)c1ccc(C(O)C(CO)(CO)C(O)(c2ccc(C(C)(C)C)cc2)c2ccc(C(C)(C)C)cc2)cc1.OP(O)OP(O)O. The van der Waals surface area contributed by atoms with Crippen LogP contribution < -0.4 is 0 Å². The molecule has 0 saturated carbocycles. The first kappa shape index (κ1) is 40.3.